The van der Waals surface area contributed by atoms with E-state index in [1.807, 2.05) is 13.8 Å². The van der Waals surface area contributed by atoms with Crippen molar-refractivity contribution in [1.82, 2.24) is 5.32 Å². The molecule has 8 atom stereocenters. The molecule has 0 aliphatic heterocycles. The van der Waals surface area contributed by atoms with Crippen LogP contribution in [0, 0.1) is 34.5 Å². The first kappa shape index (κ1) is 25.2. The molecule has 4 aliphatic carbocycles. The lowest BCUT2D eigenvalue weighted by Crippen LogP contribution is -2.51. The van der Waals surface area contributed by atoms with E-state index >= 15 is 0 Å². The summed E-state index contributed by atoms with van der Waals surface area (Å²) in [6.45, 7) is 8.17. The fraction of sp³-hybridized carbons (Fsp3) is 0.815. The van der Waals surface area contributed by atoms with E-state index in [1.54, 1.807) is 0 Å². The zero-order chi connectivity index (χ0) is 24.7. The van der Waals surface area contributed by atoms with Gasteiger partial charge in [0.2, 0.25) is 0 Å². The van der Waals surface area contributed by atoms with Gasteiger partial charge >= 0.3 is 5.97 Å². The van der Waals surface area contributed by atoms with Crippen LogP contribution < -0.4 is 5.32 Å². The van der Waals surface area contributed by atoms with E-state index in [1.165, 1.54) is 18.4 Å². The summed E-state index contributed by atoms with van der Waals surface area (Å²) in [5.41, 5.74) is 2.60. The van der Waals surface area contributed by atoms with Gasteiger partial charge in [-0.1, -0.05) is 44.8 Å². The van der Waals surface area contributed by atoms with Gasteiger partial charge in [0.05, 0.1) is 11.8 Å². The monoisotopic (exact) mass is 474 g/mol. The molecule has 0 aromatic rings. The Morgan fingerprint density at radius 2 is 1.94 bits per heavy atom. The Bertz CT molecular complexity index is 869. The summed E-state index contributed by atoms with van der Waals surface area (Å²) in [5.74, 6) is 0.350. The SMILES string of the molecule is CC[C@@H](C)[C@H](NC(=O)CO/N=C1/C=C2CC[C@H]3[C@H]4CC[C@H](O)[C@@]4(C)CC[C@H]3[C@@]2(C)CC1)C(=O)O. The van der Waals surface area contributed by atoms with Gasteiger partial charge in [0.15, 0.2) is 6.61 Å². The number of aliphatic hydroxyl groups excluding tert-OH is 1. The molecule has 34 heavy (non-hydrogen) atoms. The van der Waals surface area contributed by atoms with Gasteiger partial charge < -0.3 is 20.4 Å². The van der Waals surface area contributed by atoms with E-state index in [2.05, 4.69) is 30.4 Å². The van der Waals surface area contributed by atoms with E-state index in [9.17, 15) is 19.8 Å². The maximum Gasteiger partial charge on any atom is 0.326 e. The minimum absolute atomic E-state index is 0.100. The molecule has 0 aromatic carbocycles. The van der Waals surface area contributed by atoms with Crippen LogP contribution in [0.25, 0.3) is 0 Å². The van der Waals surface area contributed by atoms with Crippen LogP contribution in [0.15, 0.2) is 16.8 Å². The summed E-state index contributed by atoms with van der Waals surface area (Å²) >= 11 is 0. The molecule has 0 heterocycles. The fourth-order valence-electron chi connectivity index (χ4n) is 7.69. The summed E-state index contributed by atoms with van der Waals surface area (Å²) in [5, 5.41) is 26.8. The van der Waals surface area contributed by atoms with Crippen LogP contribution in [0.1, 0.15) is 85.5 Å². The number of amides is 1. The number of carboxylic acid groups (broad SMARTS) is 1. The topological polar surface area (TPSA) is 108 Å². The molecule has 3 saturated carbocycles. The minimum atomic E-state index is -1.03. The van der Waals surface area contributed by atoms with Gasteiger partial charge in [-0.15, -0.1) is 0 Å². The van der Waals surface area contributed by atoms with Crippen molar-refractivity contribution < 1.29 is 24.6 Å². The van der Waals surface area contributed by atoms with Crippen molar-refractivity contribution in [3.05, 3.63) is 11.6 Å². The van der Waals surface area contributed by atoms with Crippen molar-refractivity contribution in [2.45, 2.75) is 97.6 Å². The normalized spacial score (nSPS) is 39.8. The number of fused-ring (bicyclic) bond motifs is 5. The maximum absolute atomic E-state index is 12.2. The molecule has 0 radical (unpaired) electrons. The number of carbonyl (C=O) groups excluding carboxylic acids is 1. The molecular weight excluding hydrogens is 432 g/mol. The van der Waals surface area contributed by atoms with E-state index in [0.29, 0.717) is 24.2 Å². The first-order valence-corrected chi connectivity index (χ1v) is 13.2. The fourth-order valence-corrected chi connectivity index (χ4v) is 7.69. The Labute approximate surface area is 203 Å². The third kappa shape index (κ3) is 4.40. The summed E-state index contributed by atoms with van der Waals surface area (Å²) < 4.78 is 0. The van der Waals surface area contributed by atoms with Crippen molar-refractivity contribution in [3.63, 3.8) is 0 Å². The van der Waals surface area contributed by atoms with Crippen LogP contribution in [0.3, 0.4) is 0 Å². The lowest BCUT2D eigenvalue weighted by atomic mass is 9.47. The number of allylic oxidation sites excluding steroid dienone is 2. The van der Waals surface area contributed by atoms with E-state index in [0.717, 1.165) is 44.2 Å². The Morgan fingerprint density at radius 1 is 1.18 bits per heavy atom. The van der Waals surface area contributed by atoms with Crippen molar-refractivity contribution in [2.75, 3.05) is 6.61 Å². The average molecular weight is 475 g/mol. The van der Waals surface area contributed by atoms with Crippen LogP contribution in [-0.2, 0) is 14.4 Å². The second-order valence-corrected chi connectivity index (χ2v) is 11.8. The van der Waals surface area contributed by atoms with Gasteiger partial charge in [-0.25, -0.2) is 4.79 Å². The zero-order valence-electron chi connectivity index (χ0n) is 21.2. The largest absolute Gasteiger partial charge is 0.480 e. The van der Waals surface area contributed by atoms with E-state index in [-0.39, 0.29) is 29.5 Å². The molecule has 190 valence electrons. The molecule has 0 spiro atoms. The number of carboxylic acids is 1. The first-order valence-electron chi connectivity index (χ1n) is 13.2. The van der Waals surface area contributed by atoms with Crippen LogP contribution in [0.5, 0.6) is 0 Å². The molecule has 0 saturated heterocycles. The summed E-state index contributed by atoms with van der Waals surface area (Å²) in [7, 11) is 0. The number of hydrogen-bond acceptors (Lipinski definition) is 5. The smallest absolute Gasteiger partial charge is 0.326 e. The van der Waals surface area contributed by atoms with Crippen LogP contribution >= 0.6 is 0 Å². The van der Waals surface area contributed by atoms with Gasteiger partial charge in [0, 0.05) is 0 Å². The average Bonchev–Trinajstić information content (AvgIpc) is 3.11. The lowest BCUT2D eigenvalue weighted by Gasteiger charge is -2.57. The Morgan fingerprint density at radius 3 is 2.65 bits per heavy atom. The van der Waals surface area contributed by atoms with Crippen molar-refractivity contribution in [1.29, 1.82) is 0 Å². The van der Waals surface area contributed by atoms with Gasteiger partial charge in [0.25, 0.3) is 5.91 Å². The van der Waals surface area contributed by atoms with E-state index < -0.39 is 17.9 Å². The molecule has 1 amide bonds. The number of nitrogens with one attached hydrogen (secondary N) is 1. The second kappa shape index (κ2) is 9.63. The molecule has 0 unspecified atom stereocenters. The zero-order valence-corrected chi connectivity index (χ0v) is 21.2. The highest BCUT2D eigenvalue weighted by Gasteiger charge is 2.58. The van der Waals surface area contributed by atoms with Gasteiger partial charge in [-0.2, -0.15) is 0 Å². The number of nitrogens with zero attached hydrogens (tertiary/aromatic N) is 1. The molecule has 0 bridgehead atoms. The molecule has 3 N–H and O–H groups in total. The van der Waals surface area contributed by atoms with Gasteiger partial charge in [0.1, 0.15) is 6.04 Å². The van der Waals surface area contributed by atoms with Crippen LogP contribution in [0.2, 0.25) is 0 Å². The molecule has 4 rings (SSSR count). The summed E-state index contributed by atoms with van der Waals surface area (Å²) in [4.78, 5) is 28.9. The summed E-state index contributed by atoms with van der Waals surface area (Å²) in [6, 6.07) is -0.917. The molecule has 3 fully saturated rings. The number of rotatable bonds is 7. The minimum Gasteiger partial charge on any atom is -0.480 e. The van der Waals surface area contributed by atoms with E-state index in [4.69, 9.17) is 4.84 Å². The maximum atomic E-state index is 12.2. The molecule has 4 aliphatic rings. The van der Waals surface area contributed by atoms with Gasteiger partial charge in [-0.3, -0.25) is 4.79 Å². The highest BCUT2D eigenvalue weighted by molar-refractivity contribution is 5.96. The van der Waals surface area contributed by atoms with Gasteiger partial charge in [-0.05, 0) is 91.9 Å². The first-order chi connectivity index (χ1) is 16.1. The number of aliphatic hydroxyl groups is 1. The molecular formula is C27H42N2O5. The van der Waals surface area contributed by atoms with Crippen LogP contribution in [0.4, 0.5) is 0 Å². The number of aliphatic carboxylic acids is 1. The Kier molecular flexibility index (Phi) is 7.14. The molecule has 0 aromatic heterocycles. The van der Waals surface area contributed by atoms with Crippen molar-refractivity contribution >= 4 is 17.6 Å². The van der Waals surface area contributed by atoms with Crippen molar-refractivity contribution in [2.24, 2.45) is 39.7 Å². The predicted octanol–water partition coefficient (Wildman–Crippen LogP) is 4.30. The third-order valence-corrected chi connectivity index (χ3v) is 10.1. The highest BCUT2D eigenvalue weighted by Crippen LogP contribution is 2.65. The van der Waals surface area contributed by atoms with Crippen LogP contribution in [-0.4, -0.2) is 46.6 Å². The third-order valence-electron chi connectivity index (χ3n) is 10.1. The predicted molar refractivity (Wildman–Crippen MR) is 130 cm³/mol. The standard InChI is InChI=1S/C27H42N2O5/c1-5-16(2)24(25(32)33)28-23(31)15-34-29-18-10-12-26(3)17(14-18)6-7-19-20-8-9-22(30)27(20,4)13-11-21(19)26/h14,16,19-22,24,30H,5-13,15H2,1-4H3,(H,28,31)(H,32,33)/b29-18+/t16-,19+,20-,21-,22+,24+,26+,27+/m1/s1. The van der Waals surface area contributed by atoms with Crippen molar-refractivity contribution in [3.8, 4) is 0 Å². The lowest BCUT2D eigenvalue weighted by molar-refractivity contribution is -0.144. The second-order valence-electron chi connectivity index (χ2n) is 11.8. The number of carbonyl (C=O) groups is 2. The number of hydrogen-bond donors (Lipinski definition) is 3. The molecule has 7 heteroatoms. The number of oxime groups is 1. The quantitative estimate of drug-likeness (QED) is 0.477. The Balaban J connectivity index is 1.38. The Hall–Kier alpha value is -1.89. The summed E-state index contributed by atoms with van der Waals surface area (Å²) in [6.07, 6.45) is 11.2. The highest BCUT2D eigenvalue weighted by atomic mass is 16.6. The molecule has 7 nitrogen and oxygen atoms in total.